The van der Waals surface area contributed by atoms with Gasteiger partial charge < -0.3 is 14.4 Å². The number of likely N-dealkylation sites (tertiary alicyclic amines) is 1. The highest BCUT2D eigenvalue weighted by Gasteiger charge is 2.29. The summed E-state index contributed by atoms with van der Waals surface area (Å²) in [6, 6.07) is 4.13. The van der Waals surface area contributed by atoms with Crippen molar-refractivity contribution < 1.29 is 22.7 Å². The summed E-state index contributed by atoms with van der Waals surface area (Å²) >= 11 is 0. The van der Waals surface area contributed by atoms with Gasteiger partial charge in [-0.2, -0.15) is 0 Å². The molecule has 29 heavy (non-hydrogen) atoms. The van der Waals surface area contributed by atoms with E-state index in [1.54, 1.807) is 4.90 Å². The van der Waals surface area contributed by atoms with E-state index in [1.807, 2.05) is 0 Å². The number of morpholine rings is 1. The van der Waals surface area contributed by atoms with E-state index >= 15 is 0 Å². The lowest BCUT2D eigenvalue weighted by Crippen LogP contribution is -2.48. The molecule has 0 radical (unpaired) electrons. The van der Waals surface area contributed by atoms with Crippen molar-refractivity contribution in [3.8, 4) is 5.75 Å². The van der Waals surface area contributed by atoms with Gasteiger partial charge >= 0.3 is 0 Å². The first-order valence-electron chi connectivity index (χ1n) is 10.0. The van der Waals surface area contributed by atoms with Crippen LogP contribution in [0.15, 0.2) is 23.1 Å². The molecule has 8 nitrogen and oxygen atoms in total. The van der Waals surface area contributed by atoms with E-state index in [9.17, 15) is 13.2 Å². The fourth-order valence-electron chi connectivity index (χ4n) is 4.32. The topological polar surface area (TPSA) is 102 Å². The van der Waals surface area contributed by atoms with Crippen LogP contribution >= 0.6 is 0 Å². The largest absolute Gasteiger partial charge is 0.496 e. The molecule has 2 saturated heterocycles. The minimum atomic E-state index is -3.89. The molecule has 0 aromatic heterocycles. The normalized spacial score (nSPS) is 24.5. The Morgan fingerprint density at radius 2 is 1.83 bits per heavy atom. The highest BCUT2D eigenvalue weighted by molar-refractivity contribution is 7.89. The van der Waals surface area contributed by atoms with Gasteiger partial charge in [0.05, 0.1) is 29.8 Å². The number of carbonyl (C=O) groups is 1. The molecule has 2 N–H and O–H groups in total. The Balaban J connectivity index is 1.63. The molecular formula is C20H31N3O5S. The summed E-state index contributed by atoms with van der Waals surface area (Å²) in [4.78, 5) is 17.2. The van der Waals surface area contributed by atoms with Crippen molar-refractivity contribution in [3.05, 3.63) is 23.8 Å². The molecule has 2 heterocycles. The first-order valence-corrected chi connectivity index (χ1v) is 11.6. The second-order valence-corrected chi connectivity index (χ2v) is 9.68. The lowest BCUT2D eigenvalue weighted by atomic mass is 9.95. The molecular weight excluding hydrogens is 394 g/mol. The number of rotatable bonds is 5. The van der Waals surface area contributed by atoms with Crippen LogP contribution in [-0.2, 0) is 14.8 Å². The zero-order chi connectivity index (χ0) is 21.2. The van der Waals surface area contributed by atoms with Crippen LogP contribution in [-0.4, -0.2) is 76.2 Å². The fraction of sp³-hybridized carbons (Fsp3) is 0.650. The molecule has 2 aliphatic heterocycles. The van der Waals surface area contributed by atoms with Crippen molar-refractivity contribution in [2.75, 3.05) is 39.8 Å². The van der Waals surface area contributed by atoms with E-state index in [0.717, 1.165) is 32.5 Å². The molecule has 2 aliphatic rings. The number of hydrogen-bond acceptors (Lipinski definition) is 6. The third-order valence-corrected chi connectivity index (χ3v) is 6.55. The molecule has 2 atom stereocenters. The van der Waals surface area contributed by atoms with Crippen LogP contribution in [0.1, 0.15) is 37.0 Å². The van der Waals surface area contributed by atoms with Gasteiger partial charge in [-0.1, -0.05) is 0 Å². The predicted octanol–water partition coefficient (Wildman–Crippen LogP) is 1.30. The number of benzene rings is 1. The Morgan fingerprint density at radius 1 is 1.21 bits per heavy atom. The number of ether oxygens (including phenoxy) is 2. The van der Waals surface area contributed by atoms with E-state index in [2.05, 4.69) is 18.7 Å². The van der Waals surface area contributed by atoms with Gasteiger partial charge in [-0.3, -0.25) is 9.69 Å². The third kappa shape index (κ3) is 5.48. The van der Waals surface area contributed by atoms with E-state index in [4.69, 9.17) is 14.6 Å². The number of amides is 1. The van der Waals surface area contributed by atoms with Crippen LogP contribution in [0.2, 0.25) is 0 Å². The fourth-order valence-corrected chi connectivity index (χ4v) is 4.86. The van der Waals surface area contributed by atoms with Gasteiger partial charge in [0.2, 0.25) is 10.0 Å². The average Bonchev–Trinajstić information content (AvgIpc) is 2.66. The zero-order valence-corrected chi connectivity index (χ0v) is 18.2. The van der Waals surface area contributed by atoms with Gasteiger partial charge in [0.25, 0.3) is 5.91 Å². The number of nitrogens with zero attached hydrogens (tertiary/aromatic N) is 2. The minimum absolute atomic E-state index is 0.0907. The Kier molecular flexibility index (Phi) is 6.83. The van der Waals surface area contributed by atoms with Crippen LogP contribution in [0, 0.1) is 5.92 Å². The average molecular weight is 426 g/mol. The summed E-state index contributed by atoms with van der Waals surface area (Å²) in [5, 5.41) is 5.22. The molecule has 0 saturated carbocycles. The summed E-state index contributed by atoms with van der Waals surface area (Å²) in [6.45, 7) is 8.40. The SMILES string of the molecule is COc1ccc(S(N)(=O)=O)cc1C(=O)N1CCC(CN2CC(C)OC(C)C2)CC1. The molecule has 1 amide bonds. The molecule has 0 bridgehead atoms. The summed E-state index contributed by atoms with van der Waals surface area (Å²) in [5.41, 5.74) is 0.230. The number of piperidine rings is 1. The van der Waals surface area contributed by atoms with Gasteiger partial charge in [0.15, 0.2) is 0 Å². The lowest BCUT2D eigenvalue weighted by molar-refractivity contribution is -0.0728. The van der Waals surface area contributed by atoms with Crippen molar-refractivity contribution in [2.24, 2.45) is 11.1 Å². The lowest BCUT2D eigenvalue weighted by Gasteiger charge is -2.39. The summed E-state index contributed by atoms with van der Waals surface area (Å²) in [7, 11) is -2.43. The van der Waals surface area contributed by atoms with Crippen molar-refractivity contribution in [3.63, 3.8) is 0 Å². The van der Waals surface area contributed by atoms with E-state index in [-0.39, 0.29) is 28.6 Å². The van der Waals surface area contributed by atoms with Crippen LogP contribution in [0.25, 0.3) is 0 Å². The highest BCUT2D eigenvalue weighted by atomic mass is 32.2. The highest BCUT2D eigenvalue weighted by Crippen LogP contribution is 2.27. The van der Waals surface area contributed by atoms with Gasteiger partial charge in [-0.25, -0.2) is 13.6 Å². The zero-order valence-electron chi connectivity index (χ0n) is 17.3. The second kappa shape index (κ2) is 8.99. The molecule has 1 aromatic carbocycles. The molecule has 0 spiro atoms. The predicted molar refractivity (Wildman–Crippen MR) is 109 cm³/mol. The van der Waals surface area contributed by atoms with E-state index in [0.29, 0.717) is 24.8 Å². The van der Waals surface area contributed by atoms with Crippen LogP contribution in [0.5, 0.6) is 5.75 Å². The smallest absolute Gasteiger partial charge is 0.257 e. The maximum Gasteiger partial charge on any atom is 0.257 e. The number of hydrogen-bond donors (Lipinski definition) is 1. The maximum atomic E-state index is 13.0. The summed E-state index contributed by atoms with van der Waals surface area (Å²) < 4.78 is 34.4. The maximum absolute atomic E-state index is 13.0. The Hall–Kier alpha value is -1.68. The number of sulfonamides is 1. The van der Waals surface area contributed by atoms with Crippen molar-refractivity contribution in [1.82, 2.24) is 9.80 Å². The molecule has 2 fully saturated rings. The number of carbonyl (C=O) groups excluding carboxylic acids is 1. The number of methoxy groups -OCH3 is 1. The molecule has 2 unspecified atom stereocenters. The van der Waals surface area contributed by atoms with E-state index in [1.165, 1.54) is 25.3 Å². The first kappa shape index (κ1) is 22.0. The van der Waals surface area contributed by atoms with Crippen LogP contribution in [0.3, 0.4) is 0 Å². The minimum Gasteiger partial charge on any atom is -0.496 e. The third-order valence-electron chi connectivity index (χ3n) is 5.64. The molecule has 1 aromatic rings. The molecule has 3 rings (SSSR count). The number of nitrogens with two attached hydrogens (primary N) is 1. The number of primary sulfonamides is 1. The van der Waals surface area contributed by atoms with Gasteiger partial charge in [0, 0.05) is 32.7 Å². The van der Waals surface area contributed by atoms with Crippen LogP contribution in [0.4, 0.5) is 0 Å². The van der Waals surface area contributed by atoms with Gasteiger partial charge in [-0.15, -0.1) is 0 Å². The van der Waals surface area contributed by atoms with Gasteiger partial charge in [0.1, 0.15) is 5.75 Å². The van der Waals surface area contributed by atoms with Crippen molar-refractivity contribution in [1.29, 1.82) is 0 Å². The van der Waals surface area contributed by atoms with Crippen molar-refractivity contribution in [2.45, 2.75) is 43.8 Å². The van der Waals surface area contributed by atoms with E-state index < -0.39 is 10.0 Å². The Labute approximate surface area is 173 Å². The van der Waals surface area contributed by atoms with Crippen LogP contribution < -0.4 is 9.88 Å². The Bertz CT molecular complexity index is 827. The molecule has 162 valence electrons. The first-order chi connectivity index (χ1) is 13.7. The monoisotopic (exact) mass is 425 g/mol. The summed E-state index contributed by atoms with van der Waals surface area (Å²) in [6.07, 6.45) is 2.34. The summed E-state index contributed by atoms with van der Waals surface area (Å²) in [5.74, 6) is 0.662. The quantitative estimate of drug-likeness (QED) is 0.763. The molecule has 9 heteroatoms. The molecule has 0 aliphatic carbocycles. The van der Waals surface area contributed by atoms with Gasteiger partial charge in [-0.05, 0) is 50.8 Å². The second-order valence-electron chi connectivity index (χ2n) is 8.12. The van der Waals surface area contributed by atoms with Crippen molar-refractivity contribution >= 4 is 15.9 Å². The Morgan fingerprint density at radius 3 is 2.38 bits per heavy atom. The standard InChI is InChI=1S/C20H31N3O5S/c1-14-11-22(12-15(2)28-14)13-16-6-8-23(9-7-16)20(24)18-10-17(29(21,25)26)4-5-19(18)27-3/h4-5,10,14-16H,6-9,11-13H2,1-3H3,(H2,21,25,26).